The van der Waals surface area contributed by atoms with Gasteiger partial charge < -0.3 is 14.7 Å². The second-order valence-corrected chi connectivity index (χ2v) is 5.09. The van der Waals surface area contributed by atoms with Gasteiger partial charge in [-0.15, -0.1) is 0 Å². The van der Waals surface area contributed by atoms with Gasteiger partial charge in [0.15, 0.2) is 0 Å². The fraction of sp³-hybridized carbons (Fsp3) is 0.692. The minimum Gasteiger partial charge on any atom is -0.481 e. The van der Waals surface area contributed by atoms with Crippen LogP contribution in [-0.2, 0) is 14.3 Å². The SMILES string of the molecule is COCCN(C)C(=O)C1C2C=CC(C2)C1C(=O)O. The highest BCUT2D eigenvalue weighted by Crippen LogP contribution is 2.48. The maximum absolute atomic E-state index is 12.3. The largest absolute Gasteiger partial charge is 0.481 e. The number of carbonyl (C=O) groups excluding carboxylic acids is 1. The van der Waals surface area contributed by atoms with E-state index in [2.05, 4.69) is 0 Å². The van der Waals surface area contributed by atoms with Crippen molar-refractivity contribution in [3.05, 3.63) is 12.2 Å². The normalized spacial score (nSPS) is 32.8. The number of allylic oxidation sites excluding steroid dienone is 2. The summed E-state index contributed by atoms with van der Waals surface area (Å²) in [6, 6.07) is 0. The van der Waals surface area contributed by atoms with Crippen molar-refractivity contribution in [1.82, 2.24) is 4.90 Å². The van der Waals surface area contributed by atoms with Crippen LogP contribution in [-0.4, -0.2) is 49.2 Å². The van der Waals surface area contributed by atoms with Gasteiger partial charge in [0.25, 0.3) is 0 Å². The van der Waals surface area contributed by atoms with E-state index in [9.17, 15) is 14.7 Å². The van der Waals surface area contributed by atoms with Crippen molar-refractivity contribution in [2.45, 2.75) is 6.42 Å². The van der Waals surface area contributed by atoms with E-state index in [0.29, 0.717) is 13.2 Å². The zero-order chi connectivity index (χ0) is 13.3. The molecule has 4 atom stereocenters. The van der Waals surface area contributed by atoms with E-state index in [1.165, 1.54) is 0 Å². The first-order valence-corrected chi connectivity index (χ1v) is 6.21. The quantitative estimate of drug-likeness (QED) is 0.729. The van der Waals surface area contributed by atoms with Gasteiger partial charge in [0.2, 0.25) is 5.91 Å². The Labute approximate surface area is 106 Å². The molecule has 1 fully saturated rings. The van der Waals surface area contributed by atoms with Gasteiger partial charge in [-0.25, -0.2) is 0 Å². The molecule has 5 nitrogen and oxygen atoms in total. The zero-order valence-electron chi connectivity index (χ0n) is 10.7. The number of fused-ring (bicyclic) bond motifs is 2. The molecular formula is C13H19NO4. The van der Waals surface area contributed by atoms with Crippen molar-refractivity contribution in [1.29, 1.82) is 0 Å². The molecule has 1 N–H and O–H groups in total. The first-order valence-electron chi connectivity index (χ1n) is 6.21. The predicted molar refractivity (Wildman–Crippen MR) is 64.9 cm³/mol. The average molecular weight is 253 g/mol. The second kappa shape index (κ2) is 5.10. The van der Waals surface area contributed by atoms with Crippen LogP contribution in [0.15, 0.2) is 12.2 Å². The third-order valence-corrected chi connectivity index (χ3v) is 4.04. The molecule has 0 heterocycles. The van der Waals surface area contributed by atoms with Crippen LogP contribution in [0.2, 0.25) is 0 Å². The molecule has 2 aliphatic rings. The van der Waals surface area contributed by atoms with Crippen LogP contribution in [0.4, 0.5) is 0 Å². The van der Waals surface area contributed by atoms with Gasteiger partial charge in [-0.1, -0.05) is 12.2 Å². The molecule has 18 heavy (non-hydrogen) atoms. The topological polar surface area (TPSA) is 66.8 Å². The summed E-state index contributed by atoms with van der Waals surface area (Å²) in [6.07, 6.45) is 4.74. The lowest BCUT2D eigenvalue weighted by Gasteiger charge is -2.28. The third-order valence-electron chi connectivity index (χ3n) is 4.04. The van der Waals surface area contributed by atoms with E-state index in [1.54, 1.807) is 19.1 Å². The predicted octanol–water partition coefficient (Wildman–Crippen LogP) is 0.614. The summed E-state index contributed by atoms with van der Waals surface area (Å²) in [7, 11) is 3.29. The standard InChI is InChI=1S/C13H19NO4/c1-14(5-6-18-2)12(15)10-8-3-4-9(7-8)11(10)13(16)17/h3-4,8-11H,5-7H2,1-2H3,(H,16,17). The van der Waals surface area contributed by atoms with Gasteiger partial charge in [0, 0.05) is 20.7 Å². The van der Waals surface area contributed by atoms with Gasteiger partial charge >= 0.3 is 5.97 Å². The Hall–Kier alpha value is -1.36. The van der Waals surface area contributed by atoms with Gasteiger partial charge in [-0.3, -0.25) is 9.59 Å². The summed E-state index contributed by atoms with van der Waals surface area (Å²) < 4.78 is 4.94. The number of amides is 1. The number of likely N-dealkylation sites (N-methyl/N-ethyl adjacent to an activating group) is 1. The highest BCUT2D eigenvalue weighted by atomic mass is 16.5. The molecular weight excluding hydrogens is 234 g/mol. The number of rotatable bonds is 5. The highest BCUT2D eigenvalue weighted by Gasteiger charge is 2.52. The molecule has 0 aromatic carbocycles. The molecule has 0 aliphatic heterocycles. The van der Waals surface area contributed by atoms with E-state index in [0.717, 1.165) is 6.42 Å². The summed E-state index contributed by atoms with van der Waals surface area (Å²) in [6.45, 7) is 0.968. The van der Waals surface area contributed by atoms with Gasteiger partial charge in [0.1, 0.15) is 0 Å². The number of methoxy groups -OCH3 is 1. The molecule has 0 radical (unpaired) electrons. The fourth-order valence-corrected chi connectivity index (χ4v) is 3.09. The van der Waals surface area contributed by atoms with Crippen LogP contribution >= 0.6 is 0 Å². The molecule has 5 heteroatoms. The van der Waals surface area contributed by atoms with Gasteiger partial charge in [-0.2, -0.15) is 0 Å². The molecule has 1 amide bonds. The molecule has 0 saturated heterocycles. The number of nitrogens with zero attached hydrogens (tertiary/aromatic N) is 1. The first-order chi connectivity index (χ1) is 8.56. The minimum absolute atomic E-state index is 0.0253. The van der Waals surface area contributed by atoms with Gasteiger partial charge in [0.05, 0.1) is 18.4 Å². The lowest BCUT2D eigenvalue weighted by Crippen LogP contribution is -2.42. The Morgan fingerprint density at radius 1 is 1.33 bits per heavy atom. The van der Waals surface area contributed by atoms with Crippen LogP contribution in [0.3, 0.4) is 0 Å². The number of ether oxygens (including phenoxy) is 1. The Kier molecular flexibility index (Phi) is 3.71. The molecule has 0 spiro atoms. The van der Waals surface area contributed by atoms with E-state index in [4.69, 9.17) is 4.74 Å². The number of carboxylic acids is 1. The van der Waals surface area contributed by atoms with E-state index in [1.807, 2.05) is 12.2 Å². The summed E-state index contributed by atoms with van der Waals surface area (Å²) in [5, 5.41) is 9.28. The number of carboxylic acid groups (broad SMARTS) is 1. The molecule has 2 bridgehead atoms. The maximum atomic E-state index is 12.3. The van der Waals surface area contributed by atoms with Crippen molar-refractivity contribution >= 4 is 11.9 Å². The van der Waals surface area contributed by atoms with E-state index >= 15 is 0 Å². The molecule has 0 aromatic heterocycles. The first kappa shape index (κ1) is 13.1. The Morgan fingerprint density at radius 2 is 1.94 bits per heavy atom. The van der Waals surface area contributed by atoms with Crippen molar-refractivity contribution < 1.29 is 19.4 Å². The molecule has 0 aromatic rings. The van der Waals surface area contributed by atoms with Crippen molar-refractivity contribution in [2.75, 3.05) is 27.3 Å². The van der Waals surface area contributed by atoms with Crippen molar-refractivity contribution in [3.63, 3.8) is 0 Å². The van der Waals surface area contributed by atoms with E-state index < -0.39 is 17.8 Å². The third kappa shape index (κ3) is 2.14. The number of hydrogen-bond acceptors (Lipinski definition) is 3. The molecule has 2 aliphatic carbocycles. The lowest BCUT2D eigenvalue weighted by atomic mass is 9.82. The zero-order valence-corrected chi connectivity index (χ0v) is 10.7. The molecule has 100 valence electrons. The summed E-state index contributed by atoms with van der Waals surface area (Å²) >= 11 is 0. The van der Waals surface area contributed by atoms with Crippen LogP contribution in [0.5, 0.6) is 0 Å². The van der Waals surface area contributed by atoms with E-state index in [-0.39, 0.29) is 17.7 Å². The average Bonchev–Trinajstić information content (AvgIpc) is 2.94. The minimum atomic E-state index is -0.856. The monoisotopic (exact) mass is 253 g/mol. The molecule has 4 unspecified atom stereocenters. The number of hydrogen-bond donors (Lipinski definition) is 1. The molecule has 2 rings (SSSR count). The smallest absolute Gasteiger partial charge is 0.307 e. The van der Waals surface area contributed by atoms with Crippen LogP contribution < -0.4 is 0 Å². The fourth-order valence-electron chi connectivity index (χ4n) is 3.09. The Balaban J connectivity index is 2.09. The van der Waals surface area contributed by atoms with Crippen LogP contribution in [0.25, 0.3) is 0 Å². The highest BCUT2D eigenvalue weighted by molar-refractivity contribution is 5.86. The summed E-state index contributed by atoms with van der Waals surface area (Å²) in [4.78, 5) is 25.2. The molecule has 1 saturated carbocycles. The number of aliphatic carboxylic acids is 1. The summed E-state index contributed by atoms with van der Waals surface area (Å²) in [5.74, 6) is -1.77. The lowest BCUT2D eigenvalue weighted by molar-refractivity contribution is -0.150. The van der Waals surface area contributed by atoms with Gasteiger partial charge in [-0.05, 0) is 18.3 Å². The Bertz CT molecular complexity index is 379. The van der Waals surface area contributed by atoms with Crippen LogP contribution in [0.1, 0.15) is 6.42 Å². The Morgan fingerprint density at radius 3 is 2.50 bits per heavy atom. The second-order valence-electron chi connectivity index (χ2n) is 5.09. The van der Waals surface area contributed by atoms with Crippen molar-refractivity contribution in [3.8, 4) is 0 Å². The van der Waals surface area contributed by atoms with Crippen molar-refractivity contribution in [2.24, 2.45) is 23.7 Å². The number of carbonyl (C=O) groups is 2. The van der Waals surface area contributed by atoms with Crippen LogP contribution in [0, 0.1) is 23.7 Å². The maximum Gasteiger partial charge on any atom is 0.307 e. The summed E-state index contributed by atoms with van der Waals surface area (Å²) in [5.41, 5.74) is 0.